The van der Waals surface area contributed by atoms with Crippen molar-refractivity contribution in [3.63, 3.8) is 0 Å². The van der Waals surface area contributed by atoms with E-state index in [1.165, 1.54) is 6.33 Å². The fourth-order valence-electron chi connectivity index (χ4n) is 3.97. The summed E-state index contributed by atoms with van der Waals surface area (Å²) >= 11 is 0. The standard InChI is InChI=1S/C20H26N8O2/c1-14-11-22-17(12-21-14)25-15-2-4-16(5-3-15)30-20-26-19(27-6-8-29-9-7-27)10-18-23-13-24-28(18)20/h10-13,15-16H,2-9H2,1H3,(H,22,25). The molecule has 1 aliphatic carbocycles. The van der Waals surface area contributed by atoms with E-state index in [4.69, 9.17) is 14.5 Å². The Kier molecular flexibility index (Phi) is 5.31. The molecule has 3 aromatic heterocycles. The van der Waals surface area contributed by atoms with Gasteiger partial charge in [-0.1, -0.05) is 0 Å². The molecule has 0 aromatic carbocycles. The molecule has 0 atom stereocenters. The molecule has 0 spiro atoms. The van der Waals surface area contributed by atoms with Gasteiger partial charge >= 0.3 is 6.01 Å². The van der Waals surface area contributed by atoms with Crippen LogP contribution in [0, 0.1) is 6.92 Å². The van der Waals surface area contributed by atoms with E-state index in [0.717, 1.165) is 61.7 Å². The quantitative estimate of drug-likeness (QED) is 0.675. The van der Waals surface area contributed by atoms with E-state index in [-0.39, 0.29) is 6.10 Å². The van der Waals surface area contributed by atoms with Crippen LogP contribution in [0.4, 0.5) is 11.6 Å². The van der Waals surface area contributed by atoms with E-state index in [1.54, 1.807) is 16.9 Å². The maximum Gasteiger partial charge on any atom is 0.321 e. The maximum atomic E-state index is 6.31. The van der Waals surface area contributed by atoms with Crippen LogP contribution in [0.5, 0.6) is 6.01 Å². The van der Waals surface area contributed by atoms with Crippen molar-refractivity contribution in [1.82, 2.24) is 29.5 Å². The Labute approximate surface area is 174 Å². The van der Waals surface area contributed by atoms with Crippen LogP contribution in [0.3, 0.4) is 0 Å². The van der Waals surface area contributed by atoms with Gasteiger partial charge in [0.2, 0.25) is 0 Å². The van der Waals surface area contributed by atoms with E-state index >= 15 is 0 Å². The monoisotopic (exact) mass is 410 g/mol. The molecule has 1 saturated carbocycles. The molecule has 1 saturated heterocycles. The van der Waals surface area contributed by atoms with E-state index < -0.39 is 0 Å². The molecule has 0 bridgehead atoms. The SMILES string of the molecule is Cc1cnc(NC2CCC(Oc3nc(N4CCOCC4)cc4ncnn34)CC2)cn1. The summed E-state index contributed by atoms with van der Waals surface area (Å²) in [6.45, 7) is 4.98. The molecule has 2 aliphatic rings. The first-order chi connectivity index (χ1) is 14.7. The second kappa shape index (κ2) is 8.39. The number of nitrogens with one attached hydrogen (secondary N) is 1. The van der Waals surface area contributed by atoms with E-state index in [9.17, 15) is 0 Å². The molecule has 0 unspecified atom stereocenters. The lowest BCUT2D eigenvalue weighted by molar-refractivity contribution is 0.121. The van der Waals surface area contributed by atoms with Crippen molar-refractivity contribution < 1.29 is 9.47 Å². The van der Waals surface area contributed by atoms with Crippen molar-refractivity contribution in [2.75, 3.05) is 36.5 Å². The molecule has 1 N–H and O–H groups in total. The highest BCUT2D eigenvalue weighted by Gasteiger charge is 2.25. The molecule has 2 fully saturated rings. The molecule has 5 rings (SSSR count). The summed E-state index contributed by atoms with van der Waals surface area (Å²) in [6.07, 6.45) is 9.11. The number of rotatable bonds is 5. The Morgan fingerprint density at radius 1 is 1.07 bits per heavy atom. The molecular weight excluding hydrogens is 384 g/mol. The Bertz CT molecular complexity index is 978. The first-order valence-corrected chi connectivity index (χ1v) is 10.5. The van der Waals surface area contributed by atoms with Gasteiger partial charge in [0.15, 0.2) is 5.65 Å². The summed E-state index contributed by atoms with van der Waals surface area (Å²) in [7, 11) is 0. The summed E-state index contributed by atoms with van der Waals surface area (Å²) in [5, 5.41) is 7.77. The second-order valence-electron chi connectivity index (χ2n) is 7.81. The Hall–Kier alpha value is -3.01. The van der Waals surface area contributed by atoms with Crippen LogP contribution >= 0.6 is 0 Å². The Morgan fingerprint density at radius 3 is 2.67 bits per heavy atom. The summed E-state index contributed by atoms with van der Waals surface area (Å²) in [4.78, 5) is 20.0. The van der Waals surface area contributed by atoms with E-state index in [2.05, 4.69) is 30.3 Å². The van der Waals surface area contributed by atoms with Crippen molar-refractivity contribution in [2.24, 2.45) is 0 Å². The van der Waals surface area contributed by atoms with Gasteiger partial charge in [-0.15, -0.1) is 0 Å². The molecule has 10 nitrogen and oxygen atoms in total. The largest absolute Gasteiger partial charge is 0.460 e. The highest BCUT2D eigenvalue weighted by molar-refractivity contribution is 5.52. The number of anilines is 2. The lowest BCUT2D eigenvalue weighted by Crippen LogP contribution is -2.37. The lowest BCUT2D eigenvalue weighted by atomic mass is 9.93. The molecule has 10 heteroatoms. The number of fused-ring (bicyclic) bond motifs is 1. The topological polar surface area (TPSA) is 103 Å². The number of morpholine rings is 1. The minimum atomic E-state index is 0.104. The van der Waals surface area contributed by atoms with Crippen LogP contribution in [-0.2, 0) is 4.74 Å². The van der Waals surface area contributed by atoms with Gasteiger partial charge in [-0.2, -0.15) is 14.6 Å². The summed E-state index contributed by atoms with van der Waals surface area (Å²) in [5.74, 6) is 1.69. The molecule has 30 heavy (non-hydrogen) atoms. The normalized spacial score (nSPS) is 22.2. The molecule has 0 radical (unpaired) electrons. The maximum absolute atomic E-state index is 6.31. The smallest absolute Gasteiger partial charge is 0.321 e. The first-order valence-electron chi connectivity index (χ1n) is 10.5. The van der Waals surface area contributed by atoms with Gasteiger partial charge in [-0.3, -0.25) is 4.98 Å². The minimum Gasteiger partial charge on any atom is -0.460 e. The first kappa shape index (κ1) is 19.0. The van der Waals surface area contributed by atoms with Gasteiger partial charge in [-0.25, -0.2) is 9.97 Å². The van der Waals surface area contributed by atoms with Crippen molar-refractivity contribution in [3.8, 4) is 6.01 Å². The molecule has 0 amide bonds. The van der Waals surface area contributed by atoms with Crippen molar-refractivity contribution in [2.45, 2.75) is 44.8 Å². The number of hydrogen-bond donors (Lipinski definition) is 1. The fourth-order valence-corrected chi connectivity index (χ4v) is 3.97. The van der Waals surface area contributed by atoms with Gasteiger partial charge in [-0.05, 0) is 32.6 Å². The van der Waals surface area contributed by atoms with E-state index in [0.29, 0.717) is 25.3 Å². The average Bonchev–Trinajstić information content (AvgIpc) is 3.26. The summed E-state index contributed by atoms with van der Waals surface area (Å²) in [5.41, 5.74) is 1.67. The van der Waals surface area contributed by atoms with Crippen LogP contribution < -0.4 is 15.0 Å². The van der Waals surface area contributed by atoms with Gasteiger partial charge in [0.1, 0.15) is 24.1 Å². The third kappa shape index (κ3) is 4.13. The highest BCUT2D eigenvalue weighted by atomic mass is 16.5. The zero-order valence-corrected chi connectivity index (χ0v) is 17.1. The number of hydrogen-bond acceptors (Lipinski definition) is 9. The summed E-state index contributed by atoms with van der Waals surface area (Å²) < 4.78 is 13.4. The number of nitrogens with zero attached hydrogens (tertiary/aromatic N) is 7. The van der Waals surface area contributed by atoms with Crippen molar-refractivity contribution >= 4 is 17.3 Å². The second-order valence-corrected chi connectivity index (χ2v) is 7.81. The van der Waals surface area contributed by atoms with Crippen LogP contribution in [0.25, 0.3) is 5.65 Å². The third-order valence-electron chi connectivity index (χ3n) is 5.64. The lowest BCUT2D eigenvalue weighted by Gasteiger charge is -2.30. The minimum absolute atomic E-state index is 0.104. The predicted molar refractivity (Wildman–Crippen MR) is 111 cm³/mol. The van der Waals surface area contributed by atoms with Crippen molar-refractivity contribution in [1.29, 1.82) is 0 Å². The van der Waals surface area contributed by atoms with Crippen molar-refractivity contribution in [3.05, 3.63) is 30.5 Å². The zero-order valence-electron chi connectivity index (χ0n) is 17.1. The van der Waals surface area contributed by atoms with Crippen LogP contribution in [-0.4, -0.2) is 68.0 Å². The number of aromatic nitrogens is 6. The molecule has 4 heterocycles. The molecular formula is C20H26N8O2. The van der Waals surface area contributed by atoms with Gasteiger partial charge < -0.3 is 19.7 Å². The van der Waals surface area contributed by atoms with Crippen LogP contribution in [0.15, 0.2) is 24.8 Å². The predicted octanol–water partition coefficient (Wildman–Crippen LogP) is 1.86. The third-order valence-corrected chi connectivity index (χ3v) is 5.64. The fraction of sp³-hybridized carbons (Fsp3) is 0.550. The van der Waals surface area contributed by atoms with Gasteiger partial charge in [0.05, 0.1) is 31.3 Å². The average molecular weight is 410 g/mol. The van der Waals surface area contributed by atoms with Crippen LogP contribution in [0.2, 0.25) is 0 Å². The number of aryl methyl sites for hydroxylation is 1. The number of ether oxygens (including phenoxy) is 2. The molecule has 3 aromatic rings. The zero-order chi connectivity index (χ0) is 20.3. The Balaban J connectivity index is 1.24. The van der Waals surface area contributed by atoms with E-state index in [1.807, 2.05) is 13.0 Å². The van der Waals surface area contributed by atoms with Crippen LogP contribution in [0.1, 0.15) is 31.4 Å². The molecule has 158 valence electrons. The van der Waals surface area contributed by atoms with Gasteiger partial charge in [0, 0.05) is 25.2 Å². The summed E-state index contributed by atoms with van der Waals surface area (Å²) in [6, 6.07) is 2.84. The molecule has 1 aliphatic heterocycles. The highest BCUT2D eigenvalue weighted by Crippen LogP contribution is 2.26. The van der Waals surface area contributed by atoms with Gasteiger partial charge in [0.25, 0.3) is 0 Å². The Morgan fingerprint density at radius 2 is 1.90 bits per heavy atom.